The van der Waals surface area contributed by atoms with E-state index < -0.39 is 0 Å². The number of H-pyrrole nitrogens is 1. The summed E-state index contributed by atoms with van der Waals surface area (Å²) in [5.74, 6) is 2.34. The molecule has 0 radical (unpaired) electrons. The summed E-state index contributed by atoms with van der Waals surface area (Å²) in [6.07, 6.45) is 9.18. The Bertz CT molecular complexity index is 779. The predicted octanol–water partition coefficient (Wildman–Crippen LogP) is 1.87. The molecule has 2 aromatic heterocycles. The van der Waals surface area contributed by atoms with Gasteiger partial charge in [0.1, 0.15) is 11.6 Å². The first kappa shape index (κ1) is 15.0. The molecule has 3 N–H and O–H groups in total. The molecular formula is C18H25N7. The monoisotopic (exact) mass is 339 g/mol. The molecular weight excluding hydrogens is 314 g/mol. The molecule has 1 atom stereocenters. The maximum atomic E-state index is 6.05. The highest BCUT2D eigenvalue weighted by Gasteiger charge is 2.43. The molecule has 4 heterocycles. The van der Waals surface area contributed by atoms with E-state index in [0.29, 0.717) is 5.95 Å². The van der Waals surface area contributed by atoms with Crippen molar-refractivity contribution in [1.82, 2.24) is 20.2 Å². The van der Waals surface area contributed by atoms with Crippen LogP contribution in [0.2, 0.25) is 0 Å². The van der Waals surface area contributed by atoms with Crippen molar-refractivity contribution in [3.63, 3.8) is 0 Å². The number of nitrogens with two attached hydrogens (primary N) is 1. The molecule has 1 aliphatic carbocycles. The van der Waals surface area contributed by atoms with Gasteiger partial charge in [-0.1, -0.05) is 0 Å². The van der Waals surface area contributed by atoms with Crippen LogP contribution in [0.25, 0.3) is 0 Å². The Morgan fingerprint density at radius 2 is 1.76 bits per heavy atom. The lowest BCUT2D eigenvalue weighted by Crippen LogP contribution is -2.45. The summed E-state index contributed by atoms with van der Waals surface area (Å²) >= 11 is 0. The Morgan fingerprint density at radius 1 is 1.00 bits per heavy atom. The van der Waals surface area contributed by atoms with E-state index in [0.717, 1.165) is 44.2 Å². The van der Waals surface area contributed by atoms with Gasteiger partial charge in [0.05, 0.1) is 6.20 Å². The van der Waals surface area contributed by atoms with E-state index >= 15 is 0 Å². The maximum absolute atomic E-state index is 6.05. The molecule has 2 aliphatic heterocycles. The number of aromatic amines is 1. The second-order valence-corrected chi connectivity index (χ2v) is 7.71. The van der Waals surface area contributed by atoms with Gasteiger partial charge in [-0.05, 0) is 44.1 Å². The first-order valence-corrected chi connectivity index (χ1v) is 9.41. The molecule has 1 unspecified atom stereocenters. The van der Waals surface area contributed by atoms with Gasteiger partial charge in [-0.15, -0.1) is 0 Å². The minimum Gasteiger partial charge on any atom is -0.368 e. The number of fused-ring (bicyclic) bond motifs is 2. The third-order valence-corrected chi connectivity index (χ3v) is 6.17. The third kappa shape index (κ3) is 2.44. The van der Waals surface area contributed by atoms with Crippen LogP contribution in [-0.4, -0.2) is 46.3 Å². The number of nitrogens with one attached hydrogen (secondary N) is 1. The van der Waals surface area contributed by atoms with Crippen LogP contribution >= 0.6 is 0 Å². The Labute approximate surface area is 147 Å². The van der Waals surface area contributed by atoms with Gasteiger partial charge in [-0.25, -0.2) is 0 Å². The van der Waals surface area contributed by atoms with Gasteiger partial charge in [0.15, 0.2) is 0 Å². The van der Waals surface area contributed by atoms with Crippen molar-refractivity contribution in [2.75, 3.05) is 41.7 Å². The summed E-state index contributed by atoms with van der Waals surface area (Å²) in [6, 6.07) is 2.13. The molecule has 2 saturated heterocycles. The van der Waals surface area contributed by atoms with Crippen molar-refractivity contribution in [3.8, 4) is 0 Å². The quantitative estimate of drug-likeness (QED) is 0.868. The lowest BCUT2D eigenvalue weighted by Gasteiger charge is -2.41. The van der Waals surface area contributed by atoms with Gasteiger partial charge in [-0.2, -0.15) is 15.1 Å². The summed E-state index contributed by atoms with van der Waals surface area (Å²) in [5.41, 5.74) is 8.98. The first-order valence-electron chi connectivity index (χ1n) is 9.41. The van der Waals surface area contributed by atoms with Crippen LogP contribution in [-0.2, 0) is 11.8 Å². The molecule has 2 fully saturated rings. The molecule has 7 nitrogen and oxygen atoms in total. The molecule has 0 bridgehead atoms. The minimum absolute atomic E-state index is 0.192. The molecule has 2 aromatic rings. The fourth-order valence-corrected chi connectivity index (χ4v) is 4.90. The summed E-state index contributed by atoms with van der Waals surface area (Å²) in [6.45, 7) is 4.15. The molecule has 0 aromatic carbocycles. The Balaban J connectivity index is 1.45. The van der Waals surface area contributed by atoms with E-state index in [1.165, 1.54) is 43.4 Å². The van der Waals surface area contributed by atoms with E-state index in [9.17, 15) is 0 Å². The number of nitrogen functional groups attached to an aromatic ring is 1. The standard InChI is InChI=1S/C18H25N7/c19-17-21-14(24-7-1-2-8-24)10-15(22-17)25-9-3-5-18(12-25)6-4-13-11-20-23-16(13)18/h10-11H,1-9,12H2,(H,20,23)(H2,19,21,22). The molecule has 7 heteroatoms. The third-order valence-electron chi connectivity index (χ3n) is 6.17. The summed E-state index contributed by atoms with van der Waals surface area (Å²) in [7, 11) is 0. The van der Waals surface area contributed by atoms with Crippen molar-refractivity contribution < 1.29 is 0 Å². The second kappa shape index (κ2) is 5.61. The van der Waals surface area contributed by atoms with Crippen LogP contribution in [0, 0.1) is 0 Å². The average molecular weight is 339 g/mol. The molecule has 5 rings (SSSR count). The molecule has 1 spiro atoms. The van der Waals surface area contributed by atoms with Crippen LogP contribution in [0.5, 0.6) is 0 Å². The number of piperidine rings is 1. The van der Waals surface area contributed by atoms with Gasteiger partial charge in [0.2, 0.25) is 5.95 Å². The summed E-state index contributed by atoms with van der Waals surface area (Å²) < 4.78 is 0. The van der Waals surface area contributed by atoms with E-state index in [4.69, 9.17) is 5.73 Å². The van der Waals surface area contributed by atoms with Crippen molar-refractivity contribution in [2.45, 2.75) is 43.9 Å². The van der Waals surface area contributed by atoms with Gasteiger partial charge in [-0.3, -0.25) is 5.10 Å². The maximum Gasteiger partial charge on any atom is 0.223 e. The van der Waals surface area contributed by atoms with E-state index in [1.54, 1.807) is 0 Å². The SMILES string of the molecule is Nc1nc(N2CCCC2)cc(N2CCCC3(CCc4cn[nH]c43)C2)n1. The van der Waals surface area contributed by atoms with Gasteiger partial charge >= 0.3 is 0 Å². The Hall–Kier alpha value is -2.31. The lowest BCUT2D eigenvalue weighted by molar-refractivity contribution is 0.331. The predicted molar refractivity (Wildman–Crippen MR) is 97.9 cm³/mol. The number of nitrogens with zero attached hydrogens (tertiary/aromatic N) is 5. The lowest BCUT2D eigenvalue weighted by atomic mass is 9.77. The van der Waals surface area contributed by atoms with Crippen LogP contribution in [0.4, 0.5) is 17.6 Å². The van der Waals surface area contributed by atoms with Crippen LogP contribution in [0.15, 0.2) is 12.3 Å². The number of anilines is 3. The highest BCUT2D eigenvalue weighted by molar-refractivity contribution is 5.55. The van der Waals surface area contributed by atoms with E-state index in [-0.39, 0.29) is 5.41 Å². The molecule has 0 saturated carbocycles. The Kier molecular flexibility index (Phi) is 3.36. The van der Waals surface area contributed by atoms with Crippen molar-refractivity contribution >= 4 is 17.6 Å². The van der Waals surface area contributed by atoms with E-state index in [1.807, 2.05) is 6.20 Å². The zero-order valence-electron chi connectivity index (χ0n) is 14.5. The van der Waals surface area contributed by atoms with Crippen molar-refractivity contribution in [3.05, 3.63) is 23.5 Å². The van der Waals surface area contributed by atoms with Crippen molar-refractivity contribution in [2.24, 2.45) is 0 Å². The minimum atomic E-state index is 0.192. The normalized spacial score (nSPS) is 25.8. The number of aromatic nitrogens is 4. The van der Waals surface area contributed by atoms with Gasteiger partial charge in [0.25, 0.3) is 0 Å². The number of hydrogen-bond acceptors (Lipinski definition) is 6. The van der Waals surface area contributed by atoms with Gasteiger partial charge in [0, 0.05) is 43.4 Å². The fraction of sp³-hybridized carbons (Fsp3) is 0.611. The Morgan fingerprint density at radius 3 is 2.60 bits per heavy atom. The number of hydrogen-bond donors (Lipinski definition) is 2. The highest BCUT2D eigenvalue weighted by Crippen LogP contribution is 2.44. The fourth-order valence-electron chi connectivity index (χ4n) is 4.90. The zero-order valence-corrected chi connectivity index (χ0v) is 14.5. The van der Waals surface area contributed by atoms with Crippen LogP contribution < -0.4 is 15.5 Å². The number of rotatable bonds is 2. The first-order chi connectivity index (χ1) is 12.2. The molecule has 0 amide bonds. The molecule has 3 aliphatic rings. The highest BCUT2D eigenvalue weighted by atomic mass is 15.3. The average Bonchev–Trinajstić information content (AvgIpc) is 3.35. The van der Waals surface area contributed by atoms with Gasteiger partial charge < -0.3 is 15.5 Å². The summed E-state index contributed by atoms with van der Waals surface area (Å²) in [5, 5.41) is 7.55. The van der Waals surface area contributed by atoms with Crippen LogP contribution in [0.1, 0.15) is 43.4 Å². The largest absolute Gasteiger partial charge is 0.368 e. The second-order valence-electron chi connectivity index (χ2n) is 7.71. The summed E-state index contributed by atoms with van der Waals surface area (Å²) in [4.78, 5) is 13.8. The van der Waals surface area contributed by atoms with Crippen molar-refractivity contribution in [1.29, 1.82) is 0 Å². The smallest absolute Gasteiger partial charge is 0.223 e. The van der Waals surface area contributed by atoms with E-state index in [2.05, 4.69) is 36.0 Å². The molecule has 132 valence electrons. The molecule has 25 heavy (non-hydrogen) atoms. The van der Waals surface area contributed by atoms with Crippen LogP contribution in [0.3, 0.4) is 0 Å². The zero-order chi connectivity index (χ0) is 16.9. The number of aryl methyl sites for hydroxylation is 1. The topological polar surface area (TPSA) is 87.0 Å².